The lowest BCUT2D eigenvalue weighted by molar-refractivity contribution is 0.0344. The first-order valence-corrected chi connectivity index (χ1v) is 6.43. The van der Waals surface area contributed by atoms with Crippen LogP contribution < -0.4 is 5.43 Å². The summed E-state index contributed by atoms with van der Waals surface area (Å²) in [5, 5.41) is 2.39. The van der Waals surface area contributed by atoms with Gasteiger partial charge in [-0.25, -0.2) is 5.01 Å². The average Bonchev–Trinajstić information content (AvgIpc) is 2.32. The van der Waals surface area contributed by atoms with Gasteiger partial charge in [0.15, 0.2) is 0 Å². The molecule has 0 amide bonds. The molecule has 1 aliphatic rings. The molecule has 0 bridgehead atoms. The highest BCUT2D eigenvalue weighted by molar-refractivity contribution is 5.19. The van der Waals surface area contributed by atoms with Gasteiger partial charge < -0.3 is 4.90 Å². The van der Waals surface area contributed by atoms with Gasteiger partial charge in [-0.2, -0.15) is 0 Å². The Bertz CT molecular complexity index is 337. The van der Waals surface area contributed by atoms with Crippen LogP contribution in [0.15, 0.2) is 30.3 Å². The zero-order valence-corrected chi connectivity index (χ0v) is 11.1. The Morgan fingerprint density at radius 2 is 1.88 bits per heavy atom. The highest BCUT2D eigenvalue weighted by atomic mass is 15.5. The molecule has 1 aromatic carbocycles. The summed E-state index contributed by atoms with van der Waals surface area (Å²) in [6, 6.07) is 11.7. The van der Waals surface area contributed by atoms with Gasteiger partial charge in [-0.05, 0) is 26.5 Å². The lowest BCUT2D eigenvalue weighted by Crippen LogP contribution is -2.54. The highest BCUT2D eigenvalue weighted by Crippen LogP contribution is 2.23. The summed E-state index contributed by atoms with van der Waals surface area (Å²) in [4.78, 5) is 2.40. The zero-order valence-electron chi connectivity index (χ0n) is 11.1. The van der Waals surface area contributed by atoms with E-state index in [0.29, 0.717) is 12.1 Å². The largest absolute Gasteiger partial charge is 0.303 e. The van der Waals surface area contributed by atoms with Gasteiger partial charge in [-0.1, -0.05) is 30.3 Å². The molecular weight excluding hydrogens is 210 g/mol. The fraction of sp³-hybridized carbons (Fsp3) is 0.571. The molecule has 0 aromatic heterocycles. The first-order valence-electron chi connectivity index (χ1n) is 6.43. The third-order valence-electron chi connectivity index (χ3n) is 3.19. The van der Waals surface area contributed by atoms with Crippen LogP contribution >= 0.6 is 0 Å². The molecule has 1 fully saturated rings. The highest BCUT2D eigenvalue weighted by Gasteiger charge is 2.26. The molecule has 3 heteroatoms. The Morgan fingerprint density at radius 3 is 2.53 bits per heavy atom. The second-order valence-electron chi connectivity index (χ2n) is 5.17. The standard InChI is InChI=1S/C14H23N3/c1-12(2)15-17-10-9-16(3)11-14(17)13-7-5-4-6-8-13/h4-8,12,14-15H,9-11H2,1-3H3. The van der Waals surface area contributed by atoms with Gasteiger partial charge in [0.1, 0.15) is 0 Å². The van der Waals surface area contributed by atoms with Crippen molar-refractivity contribution in [2.45, 2.75) is 25.9 Å². The molecule has 94 valence electrons. The van der Waals surface area contributed by atoms with Crippen molar-refractivity contribution in [1.29, 1.82) is 0 Å². The van der Waals surface area contributed by atoms with Gasteiger partial charge in [0.05, 0.1) is 6.04 Å². The number of nitrogens with one attached hydrogen (secondary N) is 1. The van der Waals surface area contributed by atoms with Gasteiger partial charge in [0.25, 0.3) is 0 Å². The van der Waals surface area contributed by atoms with Gasteiger partial charge in [-0.3, -0.25) is 5.43 Å². The van der Waals surface area contributed by atoms with Crippen molar-refractivity contribution in [2.24, 2.45) is 0 Å². The lowest BCUT2D eigenvalue weighted by atomic mass is 10.0. The monoisotopic (exact) mass is 233 g/mol. The van der Waals surface area contributed by atoms with E-state index in [0.717, 1.165) is 19.6 Å². The average molecular weight is 233 g/mol. The minimum atomic E-state index is 0.456. The number of nitrogens with zero attached hydrogens (tertiary/aromatic N) is 2. The van der Waals surface area contributed by atoms with Crippen molar-refractivity contribution in [3.8, 4) is 0 Å². The molecule has 1 heterocycles. The molecule has 0 radical (unpaired) electrons. The van der Waals surface area contributed by atoms with E-state index >= 15 is 0 Å². The van der Waals surface area contributed by atoms with E-state index in [2.05, 4.69) is 66.6 Å². The van der Waals surface area contributed by atoms with Gasteiger partial charge >= 0.3 is 0 Å². The molecule has 2 rings (SSSR count). The van der Waals surface area contributed by atoms with Gasteiger partial charge in [-0.15, -0.1) is 0 Å². The molecule has 1 saturated heterocycles. The molecule has 1 N–H and O–H groups in total. The number of rotatable bonds is 3. The summed E-state index contributed by atoms with van der Waals surface area (Å²) in [5.74, 6) is 0. The van der Waals surface area contributed by atoms with Gasteiger partial charge in [0, 0.05) is 25.7 Å². The summed E-state index contributed by atoms with van der Waals surface area (Å²) in [5.41, 5.74) is 4.95. The molecule has 0 spiro atoms. The number of likely N-dealkylation sites (N-methyl/N-ethyl adjacent to an activating group) is 1. The van der Waals surface area contributed by atoms with E-state index in [1.807, 2.05) is 0 Å². The molecule has 17 heavy (non-hydrogen) atoms. The molecule has 1 atom stereocenters. The smallest absolute Gasteiger partial charge is 0.0620 e. The summed E-state index contributed by atoms with van der Waals surface area (Å²) < 4.78 is 0. The van der Waals surface area contributed by atoms with Crippen LogP contribution in [0.25, 0.3) is 0 Å². The van der Waals surface area contributed by atoms with Crippen molar-refractivity contribution in [3.63, 3.8) is 0 Å². The molecule has 1 aromatic rings. The van der Waals surface area contributed by atoms with E-state index in [1.165, 1.54) is 5.56 Å². The van der Waals surface area contributed by atoms with Crippen LogP contribution in [-0.4, -0.2) is 42.6 Å². The van der Waals surface area contributed by atoms with Crippen LogP contribution in [0.1, 0.15) is 25.5 Å². The molecule has 1 unspecified atom stereocenters. The summed E-state index contributed by atoms with van der Waals surface area (Å²) in [6.45, 7) is 7.68. The fourth-order valence-electron chi connectivity index (χ4n) is 2.37. The molecule has 3 nitrogen and oxygen atoms in total. The van der Waals surface area contributed by atoms with E-state index in [1.54, 1.807) is 0 Å². The van der Waals surface area contributed by atoms with Crippen LogP contribution in [-0.2, 0) is 0 Å². The van der Waals surface area contributed by atoms with Crippen molar-refractivity contribution in [3.05, 3.63) is 35.9 Å². The number of piperazine rings is 1. The van der Waals surface area contributed by atoms with E-state index in [-0.39, 0.29) is 0 Å². The first kappa shape index (κ1) is 12.6. The first-order chi connectivity index (χ1) is 8.16. The van der Waals surface area contributed by atoms with E-state index in [4.69, 9.17) is 0 Å². The van der Waals surface area contributed by atoms with Crippen LogP contribution in [0.4, 0.5) is 0 Å². The maximum Gasteiger partial charge on any atom is 0.0620 e. The summed E-state index contributed by atoms with van der Waals surface area (Å²) >= 11 is 0. The third kappa shape index (κ3) is 3.28. The second kappa shape index (κ2) is 5.63. The summed E-state index contributed by atoms with van der Waals surface area (Å²) in [6.07, 6.45) is 0. The Labute approximate surface area is 104 Å². The predicted molar refractivity (Wildman–Crippen MR) is 71.7 cm³/mol. The van der Waals surface area contributed by atoms with E-state index in [9.17, 15) is 0 Å². The van der Waals surface area contributed by atoms with Crippen LogP contribution in [0.5, 0.6) is 0 Å². The quantitative estimate of drug-likeness (QED) is 0.860. The lowest BCUT2D eigenvalue weighted by Gasteiger charge is -2.41. The minimum absolute atomic E-state index is 0.456. The minimum Gasteiger partial charge on any atom is -0.303 e. The van der Waals surface area contributed by atoms with Crippen LogP contribution in [0.3, 0.4) is 0 Å². The topological polar surface area (TPSA) is 18.5 Å². The SMILES string of the molecule is CC(C)NN1CCN(C)CC1c1ccccc1. The van der Waals surface area contributed by atoms with Crippen LogP contribution in [0, 0.1) is 0 Å². The number of hydrogen-bond acceptors (Lipinski definition) is 3. The zero-order chi connectivity index (χ0) is 12.3. The summed E-state index contributed by atoms with van der Waals surface area (Å²) in [7, 11) is 2.20. The van der Waals surface area contributed by atoms with Crippen LogP contribution in [0.2, 0.25) is 0 Å². The maximum atomic E-state index is 3.56. The maximum absolute atomic E-state index is 3.56. The predicted octanol–water partition coefficient (Wildman–Crippen LogP) is 1.89. The molecule has 0 saturated carbocycles. The Hall–Kier alpha value is -0.900. The fourth-order valence-corrected chi connectivity index (χ4v) is 2.37. The van der Waals surface area contributed by atoms with Crippen molar-refractivity contribution >= 4 is 0 Å². The Morgan fingerprint density at radius 1 is 1.18 bits per heavy atom. The Balaban J connectivity index is 2.14. The number of hydrogen-bond donors (Lipinski definition) is 1. The van der Waals surface area contributed by atoms with Gasteiger partial charge in [0.2, 0.25) is 0 Å². The van der Waals surface area contributed by atoms with Crippen molar-refractivity contribution in [2.75, 3.05) is 26.7 Å². The normalized spacial score (nSPS) is 23.2. The Kier molecular flexibility index (Phi) is 4.15. The van der Waals surface area contributed by atoms with Crippen molar-refractivity contribution < 1.29 is 0 Å². The molecule has 0 aliphatic carbocycles. The van der Waals surface area contributed by atoms with E-state index < -0.39 is 0 Å². The molecular formula is C14H23N3. The van der Waals surface area contributed by atoms with Crippen molar-refractivity contribution in [1.82, 2.24) is 15.3 Å². The second-order valence-corrected chi connectivity index (χ2v) is 5.17. The number of benzene rings is 1. The molecule has 1 aliphatic heterocycles. The third-order valence-corrected chi connectivity index (χ3v) is 3.19. The number of hydrazine groups is 1.